The number of aromatic nitrogens is 2. The third kappa shape index (κ3) is 2.75. The fourth-order valence-corrected chi connectivity index (χ4v) is 2.09. The first kappa shape index (κ1) is 12.6. The Morgan fingerprint density at radius 1 is 0.950 bits per heavy atom. The fourth-order valence-electron chi connectivity index (χ4n) is 2.09. The summed E-state index contributed by atoms with van der Waals surface area (Å²) in [4.78, 5) is 4.44. The molecule has 100 valence electrons. The van der Waals surface area contributed by atoms with Gasteiger partial charge >= 0.3 is 0 Å². The summed E-state index contributed by atoms with van der Waals surface area (Å²) < 4.78 is 5.33. The summed E-state index contributed by atoms with van der Waals surface area (Å²) in [5.41, 5.74) is 6.28. The van der Waals surface area contributed by atoms with Gasteiger partial charge in [0.15, 0.2) is 6.04 Å². The second-order valence-electron chi connectivity index (χ2n) is 4.71. The topological polar surface area (TPSA) is 66.6 Å². The van der Waals surface area contributed by atoms with Gasteiger partial charge in [-0.15, -0.1) is 0 Å². The summed E-state index contributed by atoms with van der Waals surface area (Å²) in [6, 6.07) is 20.0. The predicted molar refractivity (Wildman–Crippen MR) is 75.5 cm³/mol. The SMILES string of the molecule is [NH3+][C@@H](Cc1ccccc1)c1nc(-c2ccccc2)no1. The molecule has 0 fully saturated rings. The van der Waals surface area contributed by atoms with Crippen molar-refractivity contribution in [2.75, 3.05) is 0 Å². The highest BCUT2D eigenvalue weighted by molar-refractivity contribution is 5.53. The van der Waals surface area contributed by atoms with Crippen LogP contribution in [-0.4, -0.2) is 10.1 Å². The van der Waals surface area contributed by atoms with E-state index in [4.69, 9.17) is 4.52 Å². The van der Waals surface area contributed by atoms with Gasteiger partial charge in [0.25, 0.3) is 5.89 Å². The fraction of sp³-hybridized carbons (Fsp3) is 0.125. The van der Waals surface area contributed by atoms with Gasteiger partial charge in [-0.05, 0) is 5.56 Å². The van der Waals surface area contributed by atoms with Crippen molar-refractivity contribution in [2.24, 2.45) is 0 Å². The van der Waals surface area contributed by atoms with Crippen molar-refractivity contribution < 1.29 is 10.3 Å². The molecular formula is C16H16N3O+. The summed E-state index contributed by atoms with van der Waals surface area (Å²) in [5, 5.41) is 4.02. The molecule has 0 aliphatic rings. The average Bonchev–Trinajstić information content (AvgIpc) is 2.99. The summed E-state index contributed by atoms with van der Waals surface area (Å²) in [7, 11) is 0. The Kier molecular flexibility index (Phi) is 3.56. The van der Waals surface area contributed by atoms with E-state index in [9.17, 15) is 0 Å². The summed E-state index contributed by atoms with van der Waals surface area (Å²) in [5.74, 6) is 1.19. The van der Waals surface area contributed by atoms with Gasteiger partial charge < -0.3 is 10.3 Å². The van der Waals surface area contributed by atoms with Crippen LogP contribution in [0.25, 0.3) is 11.4 Å². The van der Waals surface area contributed by atoms with Gasteiger partial charge in [0.1, 0.15) is 0 Å². The van der Waals surface area contributed by atoms with Crippen LogP contribution in [0.15, 0.2) is 65.2 Å². The van der Waals surface area contributed by atoms with Crippen LogP contribution in [0, 0.1) is 0 Å². The Morgan fingerprint density at radius 2 is 1.60 bits per heavy atom. The molecule has 3 aromatic rings. The molecule has 0 unspecified atom stereocenters. The Bertz CT molecular complexity index is 664. The molecule has 0 amide bonds. The van der Waals surface area contributed by atoms with Crippen LogP contribution in [0.5, 0.6) is 0 Å². The van der Waals surface area contributed by atoms with Crippen LogP contribution in [0.3, 0.4) is 0 Å². The number of hydrogen-bond acceptors (Lipinski definition) is 3. The Morgan fingerprint density at radius 3 is 2.30 bits per heavy atom. The van der Waals surface area contributed by atoms with Gasteiger partial charge in [0, 0.05) is 12.0 Å². The normalized spacial score (nSPS) is 12.2. The lowest BCUT2D eigenvalue weighted by atomic mass is 10.1. The highest BCUT2D eigenvalue weighted by Gasteiger charge is 2.19. The van der Waals surface area contributed by atoms with Crippen LogP contribution < -0.4 is 5.73 Å². The van der Waals surface area contributed by atoms with Crippen LogP contribution in [0.2, 0.25) is 0 Å². The first-order valence-electron chi connectivity index (χ1n) is 6.59. The molecule has 0 spiro atoms. The highest BCUT2D eigenvalue weighted by Crippen LogP contribution is 2.18. The van der Waals surface area contributed by atoms with Gasteiger partial charge in [0.05, 0.1) is 0 Å². The van der Waals surface area contributed by atoms with E-state index in [2.05, 4.69) is 28.0 Å². The molecular weight excluding hydrogens is 250 g/mol. The van der Waals surface area contributed by atoms with E-state index >= 15 is 0 Å². The molecule has 1 atom stereocenters. The van der Waals surface area contributed by atoms with E-state index in [1.807, 2.05) is 48.5 Å². The van der Waals surface area contributed by atoms with E-state index in [0.717, 1.165) is 12.0 Å². The van der Waals surface area contributed by atoms with Crippen molar-refractivity contribution >= 4 is 0 Å². The number of nitrogens with zero attached hydrogens (tertiary/aromatic N) is 2. The minimum absolute atomic E-state index is 0.0395. The first-order valence-corrected chi connectivity index (χ1v) is 6.59. The predicted octanol–water partition coefficient (Wildman–Crippen LogP) is 2.26. The molecule has 0 bridgehead atoms. The lowest BCUT2D eigenvalue weighted by Gasteiger charge is -2.03. The second kappa shape index (κ2) is 5.67. The van der Waals surface area contributed by atoms with Gasteiger partial charge in [-0.3, -0.25) is 0 Å². The van der Waals surface area contributed by atoms with Crippen molar-refractivity contribution in [3.63, 3.8) is 0 Å². The summed E-state index contributed by atoms with van der Waals surface area (Å²) in [6.45, 7) is 0. The van der Waals surface area contributed by atoms with Gasteiger partial charge in [-0.2, -0.15) is 4.98 Å². The zero-order valence-electron chi connectivity index (χ0n) is 11.1. The molecule has 0 saturated heterocycles. The van der Waals surface area contributed by atoms with Crippen molar-refractivity contribution in [3.8, 4) is 11.4 Å². The standard InChI is InChI=1S/C16H15N3O/c17-14(11-12-7-3-1-4-8-12)16-18-15(19-20-16)13-9-5-2-6-10-13/h1-10,14H,11,17H2/p+1/t14-/m0/s1. The van der Waals surface area contributed by atoms with Crippen LogP contribution in [-0.2, 0) is 6.42 Å². The molecule has 4 heteroatoms. The highest BCUT2D eigenvalue weighted by atomic mass is 16.5. The maximum absolute atomic E-state index is 5.33. The molecule has 3 N–H and O–H groups in total. The van der Waals surface area contributed by atoms with Crippen LogP contribution >= 0.6 is 0 Å². The number of benzene rings is 2. The van der Waals surface area contributed by atoms with E-state index in [0.29, 0.717) is 11.7 Å². The van der Waals surface area contributed by atoms with Crippen LogP contribution in [0.4, 0.5) is 0 Å². The summed E-state index contributed by atoms with van der Waals surface area (Å²) in [6.07, 6.45) is 0.789. The van der Waals surface area contributed by atoms with E-state index in [1.54, 1.807) is 0 Å². The lowest BCUT2D eigenvalue weighted by molar-refractivity contribution is -0.431. The zero-order valence-corrected chi connectivity index (χ0v) is 11.1. The maximum atomic E-state index is 5.33. The molecule has 0 saturated carbocycles. The van der Waals surface area contributed by atoms with E-state index in [1.165, 1.54) is 5.56 Å². The van der Waals surface area contributed by atoms with Crippen molar-refractivity contribution in [1.82, 2.24) is 10.1 Å². The van der Waals surface area contributed by atoms with Gasteiger partial charge in [0.2, 0.25) is 5.82 Å². The van der Waals surface area contributed by atoms with Gasteiger partial charge in [-0.25, -0.2) is 0 Å². The smallest absolute Gasteiger partial charge is 0.285 e. The first-order chi connectivity index (χ1) is 9.83. The zero-order chi connectivity index (χ0) is 13.8. The quantitative estimate of drug-likeness (QED) is 0.787. The molecule has 4 nitrogen and oxygen atoms in total. The number of rotatable bonds is 4. The monoisotopic (exact) mass is 266 g/mol. The molecule has 0 radical (unpaired) electrons. The molecule has 1 aromatic heterocycles. The van der Waals surface area contributed by atoms with E-state index in [-0.39, 0.29) is 6.04 Å². The molecule has 20 heavy (non-hydrogen) atoms. The average molecular weight is 266 g/mol. The molecule has 3 rings (SSSR count). The van der Waals surface area contributed by atoms with Crippen LogP contribution in [0.1, 0.15) is 17.5 Å². The lowest BCUT2D eigenvalue weighted by Crippen LogP contribution is -2.54. The Hall–Kier alpha value is -2.46. The number of hydrogen-bond donors (Lipinski definition) is 1. The molecule has 0 aliphatic carbocycles. The van der Waals surface area contributed by atoms with Crippen molar-refractivity contribution in [3.05, 3.63) is 72.1 Å². The Labute approximate surface area is 117 Å². The van der Waals surface area contributed by atoms with Crippen molar-refractivity contribution in [2.45, 2.75) is 12.5 Å². The molecule has 1 heterocycles. The molecule has 2 aromatic carbocycles. The third-order valence-corrected chi connectivity index (χ3v) is 3.15. The van der Waals surface area contributed by atoms with E-state index < -0.39 is 0 Å². The minimum Gasteiger partial charge on any atom is -0.347 e. The molecule has 0 aliphatic heterocycles. The van der Waals surface area contributed by atoms with Gasteiger partial charge in [-0.1, -0.05) is 65.8 Å². The largest absolute Gasteiger partial charge is 0.347 e. The maximum Gasteiger partial charge on any atom is 0.285 e. The number of quaternary nitrogens is 1. The summed E-state index contributed by atoms with van der Waals surface area (Å²) >= 11 is 0. The minimum atomic E-state index is -0.0395. The Balaban J connectivity index is 1.77. The third-order valence-electron chi connectivity index (χ3n) is 3.15. The second-order valence-corrected chi connectivity index (χ2v) is 4.71. The van der Waals surface area contributed by atoms with Crippen molar-refractivity contribution in [1.29, 1.82) is 0 Å².